The molecule has 0 aliphatic carbocycles. The number of hydrogen-bond donors (Lipinski definition) is 1. The lowest BCUT2D eigenvalue weighted by Crippen LogP contribution is -2.22. The topological polar surface area (TPSA) is 35.2 Å². The third kappa shape index (κ3) is 2.19. The number of benzene rings is 1. The van der Waals surface area contributed by atoms with Crippen LogP contribution in [0.1, 0.15) is 23.6 Å². The van der Waals surface area contributed by atoms with Gasteiger partial charge in [0.1, 0.15) is 5.82 Å². The van der Waals surface area contributed by atoms with Crippen molar-refractivity contribution in [2.45, 2.75) is 19.4 Å². The molecular formula is C12H16FNO. The van der Waals surface area contributed by atoms with E-state index in [2.05, 4.69) is 0 Å². The van der Waals surface area contributed by atoms with Crippen LogP contribution in [-0.2, 0) is 4.74 Å². The molecule has 1 fully saturated rings. The molecule has 0 bridgehead atoms. The Kier molecular flexibility index (Phi) is 3.03. The van der Waals surface area contributed by atoms with Crippen molar-refractivity contribution >= 4 is 0 Å². The highest BCUT2D eigenvalue weighted by molar-refractivity contribution is 5.29. The van der Waals surface area contributed by atoms with Gasteiger partial charge in [-0.15, -0.1) is 0 Å². The first-order valence-corrected chi connectivity index (χ1v) is 5.28. The number of nitrogens with two attached hydrogens (primary N) is 1. The van der Waals surface area contributed by atoms with Gasteiger partial charge in [0.2, 0.25) is 0 Å². The highest BCUT2D eigenvalue weighted by Crippen LogP contribution is 2.28. The smallest absolute Gasteiger partial charge is 0.123 e. The Bertz CT molecular complexity index is 347. The zero-order valence-electron chi connectivity index (χ0n) is 8.87. The van der Waals surface area contributed by atoms with Crippen molar-refractivity contribution in [2.24, 2.45) is 11.7 Å². The highest BCUT2D eigenvalue weighted by Gasteiger charge is 2.25. The molecule has 1 heterocycles. The van der Waals surface area contributed by atoms with Gasteiger partial charge in [0, 0.05) is 18.6 Å². The molecule has 1 saturated heterocycles. The lowest BCUT2D eigenvalue weighted by Gasteiger charge is -2.20. The number of halogens is 1. The van der Waals surface area contributed by atoms with Crippen LogP contribution in [0.5, 0.6) is 0 Å². The first kappa shape index (κ1) is 10.6. The van der Waals surface area contributed by atoms with Gasteiger partial charge in [0.15, 0.2) is 0 Å². The second-order valence-electron chi connectivity index (χ2n) is 4.15. The second-order valence-corrected chi connectivity index (χ2v) is 4.15. The van der Waals surface area contributed by atoms with Gasteiger partial charge in [0.25, 0.3) is 0 Å². The fraction of sp³-hybridized carbons (Fsp3) is 0.500. The number of hydrogen-bond acceptors (Lipinski definition) is 2. The SMILES string of the molecule is Cc1ccc(F)cc1C(N)C1CCOC1. The zero-order valence-corrected chi connectivity index (χ0v) is 8.87. The van der Waals surface area contributed by atoms with E-state index in [1.165, 1.54) is 6.07 Å². The Morgan fingerprint density at radius 2 is 2.33 bits per heavy atom. The molecule has 15 heavy (non-hydrogen) atoms. The van der Waals surface area contributed by atoms with Crippen molar-refractivity contribution in [3.05, 3.63) is 35.1 Å². The van der Waals surface area contributed by atoms with Gasteiger partial charge < -0.3 is 10.5 Å². The Labute approximate surface area is 89.2 Å². The Balaban J connectivity index is 2.23. The van der Waals surface area contributed by atoms with Crippen LogP contribution in [0.25, 0.3) is 0 Å². The molecule has 2 unspecified atom stereocenters. The molecule has 1 aromatic carbocycles. The summed E-state index contributed by atoms with van der Waals surface area (Å²) in [5, 5.41) is 0. The summed E-state index contributed by atoms with van der Waals surface area (Å²) in [7, 11) is 0. The molecule has 82 valence electrons. The summed E-state index contributed by atoms with van der Waals surface area (Å²) in [5.41, 5.74) is 8.08. The van der Waals surface area contributed by atoms with Crippen molar-refractivity contribution < 1.29 is 9.13 Å². The maximum Gasteiger partial charge on any atom is 0.123 e. The largest absolute Gasteiger partial charge is 0.381 e. The molecule has 2 N–H and O–H groups in total. The minimum absolute atomic E-state index is 0.108. The van der Waals surface area contributed by atoms with Gasteiger partial charge in [-0.3, -0.25) is 0 Å². The average molecular weight is 209 g/mol. The second kappa shape index (κ2) is 4.29. The summed E-state index contributed by atoms with van der Waals surface area (Å²) < 4.78 is 18.4. The Morgan fingerprint density at radius 1 is 1.53 bits per heavy atom. The lowest BCUT2D eigenvalue weighted by atomic mass is 9.90. The van der Waals surface area contributed by atoms with Crippen LogP contribution in [-0.4, -0.2) is 13.2 Å². The summed E-state index contributed by atoms with van der Waals surface area (Å²) in [5.74, 6) is 0.107. The molecule has 3 heteroatoms. The molecule has 1 aromatic rings. The summed E-state index contributed by atoms with van der Waals surface area (Å²) in [6, 6.07) is 4.68. The Hall–Kier alpha value is -0.930. The van der Waals surface area contributed by atoms with Crippen LogP contribution in [0.3, 0.4) is 0 Å². The van der Waals surface area contributed by atoms with Crippen molar-refractivity contribution in [2.75, 3.05) is 13.2 Å². The van der Waals surface area contributed by atoms with E-state index in [9.17, 15) is 4.39 Å². The average Bonchev–Trinajstić information content (AvgIpc) is 2.74. The van der Waals surface area contributed by atoms with Crippen LogP contribution in [0.4, 0.5) is 4.39 Å². The molecule has 0 amide bonds. The fourth-order valence-electron chi connectivity index (χ4n) is 2.06. The quantitative estimate of drug-likeness (QED) is 0.810. The van der Waals surface area contributed by atoms with Crippen molar-refractivity contribution in [3.8, 4) is 0 Å². The number of aryl methyl sites for hydroxylation is 1. The number of rotatable bonds is 2. The van der Waals surface area contributed by atoms with Gasteiger partial charge in [-0.25, -0.2) is 4.39 Å². The maximum absolute atomic E-state index is 13.1. The lowest BCUT2D eigenvalue weighted by molar-refractivity contribution is 0.181. The van der Waals surface area contributed by atoms with Crippen molar-refractivity contribution in [1.82, 2.24) is 0 Å². The maximum atomic E-state index is 13.1. The first-order chi connectivity index (χ1) is 7.18. The van der Waals surface area contributed by atoms with Gasteiger partial charge in [-0.2, -0.15) is 0 Å². The van der Waals surface area contributed by atoms with E-state index in [1.54, 1.807) is 12.1 Å². The van der Waals surface area contributed by atoms with Gasteiger partial charge >= 0.3 is 0 Å². The van der Waals surface area contributed by atoms with Crippen LogP contribution >= 0.6 is 0 Å². The highest BCUT2D eigenvalue weighted by atomic mass is 19.1. The van der Waals surface area contributed by atoms with Gasteiger partial charge in [0.05, 0.1) is 6.61 Å². The third-order valence-electron chi connectivity index (χ3n) is 3.07. The fourth-order valence-corrected chi connectivity index (χ4v) is 2.06. The van der Waals surface area contributed by atoms with Crippen LogP contribution in [0, 0.1) is 18.7 Å². The van der Waals surface area contributed by atoms with E-state index in [0.29, 0.717) is 12.5 Å². The molecule has 1 aliphatic rings. The molecule has 1 aliphatic heterocycles. The van der Waals surface area contributed by atoms with Crippen LogP contribution in [0.2, 0.25) is 0 Å². The van der Waals surface area contributed by atoms with E-state index in [1.807, 2.05) is 6.92 Å². The van der Waals surface area contributed by atoms with Gasteiger partial charge in [-0.05, 0) is 36.6 Å². The predicted octanol–water partition coefficient (Wildman–Crippen LogP) is 2.17. The summed E-state index contributed by atoms with van der Waals surface area (Å²) in [6.45, 7) is 3.42. The predicted molar refractivity (Wildman–Crippen MR) is 57.0 cm³/mol. The minimum Gasteiger partial charge on any atom is -0.381 e. The van der Waals surface area contributed by atoms with Crippen LogP contribution in [0.15, 0.2) is 18.2 Å². The van der Waals surface area contributed by atoms with E-state index in [4.69, 9.17) is 10.5 Å². The Morgan fingerprint density at radius 3 is 3.00 bits per heavy atom. The van der Waals surface area contributed by atoms with Crippen LogP contribution < -0.4 is 5.73 Å². The van der Waals surface area contributed by atoms with E-state index >= 15 is 0 Å². The molecular weight excluding hydrogens is 193 g/mol. The van der Waals surface area contributed by atoms with E-state index in [0.717, 1.165) is 24.2 Å². The molecule has 2 atom stereocenters. The van der Waals surface area contributed by atoms with Crippen molar-refractivity contribution in [1.29, 1.82) is 0 Å². The first-order valence-electron chi connectivity index (χ1n) is 5.28. The monoisotopic (exact) mass is 209 g/mol. The zero-order chi connectivity index (χ0) is 10.8. The van der Waals surface area contributed by atoms with Crippen molar-refractivity contribution in [3.63, 3.8) is 0 Å². The molecule has 0 radical (unpaired) electrons. The molecule has 0 aromatic heterocycles. The number of ether oxygens (including phenoxy) is 1. The normalized spacial score (nSPS) is 23.0. The summed E-state index contributed by atoms with van der Waals surface area (Å²) in [6.07, 6.45) is 0.969. The molecule has 0 saturated carbocycles. The van der Waals surface area contributed by atoms with Gasteiger partial charge in [-0.1, -0.05) is 6.07 Å². The summed E-state index contributed by atoms with van der Waals surface area (Å²) >= 11 is 0. The molecule has 0 spiro atoms. The van der Waals surface area contributed by atoms with E-state index in [-0.39, 0.29) is 11.9 Å². The standard InChI is InChI=1S/C12H16FNO/c1-8-2-3-10(13)6-11(8)12(14)9-4-5-15-7-9/h2-3,6,9,12H,4-5,7,14H2,1H3. The molecule has 2 rings (SSSR count). The summed E-state index contributed by atoms with van der Waals surface area (Å²) in [4.78, 5) is 0. The molecule has 2 nitrogen and oxygen atoms in total. The van der Waals surface area contributed by atoms with E-state index < -0.39 is 0 Å². The third-order valence-corrected chi connectivity index (χ3v) is 3.07. The minimum atomic E-state index is -0.218.